The van der Waals surface area contributed by atoms with Gasteiger partial charge in [0.05, 0.1) is 5.56 Å². The molecule has 5 nitrogen and oxygen atoms in total. The van der Waals surface area contributed by atoms with Crippen molar-refractivity contribution >= 4 is 23.3 Å². The summed E-state index contributed by atoms with van der Waals surface area (Å²) in [5, 5.41) is 0. The fraction of sp³-hybridized carbons (Fsp3) is 0.318. The Hall–Kier alpha value is -2.95. The lowest BCUT2D eigenvalue weighted by Gasteiger charge is -2.15. The molecule has 5 heteroatoms. The van der Waals surface area contributed by atoms with Crippen molar-refractivity contribution in [2.75, 3.05) is 18.1 Å². The molecule has 0 spiro atoms. The molecule has 1 heterocycles. The first-order valence-corrected chi connectivity index (χ1v) is 9.16. The van der Waals surface area contributed by atoms with E-state index in [1.807, 2.05) is 12.1 Å². The molecular weight excluding hydrogens is 342 g/mol. The van der Waals surface area contributed by atoms with Crippen molar-refractivity contribution in [2.45, 2.75) is 32.6 Å². The van der Waals surface area contributed by atoms with Crippen LogP contribution in [0.15, 0.2) is 48.5 Å². The highest BCUT2D eigenvalue weighted by atomic mass is 16.5. The minimum absolute atomic E-state index is 0.0967. The van der Waals surface area contributed by atoms with Gasteiger partial charge < -0.3 is 9.64 Å². The molecule has 0 bridgehead atoms. The van der Waals surface area contributed by atoms with Gasteiger partial charge in [-0.1, -0.05) is 38.1 Å². The molecule has 0 atom stereocenters. The van der Waals surface area contributed by atoms with Crippen LogP contribution in [0.5, 0.6) is 0 Å². The van der Waals surface area contributed by atoms with Gasteiger partial charge in [-0.25, -0.2) is 4.79 Å². The summed E-state index contributed by atoms with van der Waals surface area (Å²) in [5.74, 6) is -0.301. The minimum Gasteiger partial charge on any atom is -0.454 e. The van der Waals surface area contributed by atoms with E-state index < -0.39 is 5.97 Å². The van der Waals surface area contributed by atoms with Crippen molar-refractivity contribution in [1.29, 1.82) is 0 Å². The van der Waals surface area contributed by atoms with E-state index in [1.54, 1.807) is 41.3 Å². The summed E-state index contributed by atoms with van der Waals surface area (Å²) in [5.41, 5.74) is 2.80. The number of carbonyl (C=O) groups is 3. The van der Waals surface area contributed by atoms with Crippen LogP contribution in [0.1, 0.15) is 58.9 Å². The van der Waals surface area contributed by atoms with E-state index in [9.17, 15) is 14.4 Å². The summed E-state index contributed by atoms with van der Waals surface area (Å²) >= 11 is 0. The molecule has 140 valence electrons. The topological polar surface area (TPSA) is 63.7 Å². The summed E-state index contributed by atoms with van der Waals surface area (Å²) in [6.45, 7) is 4.58. The molecule has 2 aromatic rings. The van der Waals surface area contributed by atoms with Gasteiger partial charge in [0.25, 0.3) is 0 Å². The first-order chi connectivity index (χ1) is 13.0. The van der Waals surface area contributed by atoms with Crippen LogP contribution in [0.2, 0.25) is 0 Å². The fourth-order valence-corrected chi connectivity index (χ4v) is 3.05. The van der Waals surface area contributed by atoms with Crippen LogP contribution >= 0.6 is 0 Å². The molecule has 1 saturated heterocycles. The lowest BCUT2D eigenvalue weighted by molar-refractivity contribution is -0.117. The van der Waals surface area contributed by atoms with E-state index in [1.165, 1.54) is 0 Å². The maximum absolute atomic E-state index is 12.2. The van der Waals surface area contributed by atoms with Gasteiger partial charge in [0.15, 0.2) is 12.4 Å². The van der Waals surface area contributed by atoms with E-state index in [0.717, 1.165) is 17.7 Å². The summed E-state index contributed by atoms with van der Waals surface area (Å²) in [4.78, 5) is 37.8. The van der Waals surface area contributed by atoms with Gasteiger partial charge in [0, 0.05) is 24.2 Å². The van der Waals surface area contributed by atoms with Gasteiger partial charge in [-0.2, -0.15) is 0 Å². The molecule has 2 aromatic carbocycles. The molecule has 1 fully saturated rings. The second-order valence-electron chi connectivity index (χ2n) is 6.97. The maximum atomic E-state index is 12.2. The monoisotopic (exact) mass is 365 g/mol. The third-order valence-corrected chi connectivity index (χ3v) is 4.72. The molecular formula is C22H23NO4. The molecule has 27 heavy (non-hydrogen) atoms. The summed E-state index contributed by atoms with van der Waals surface area (Å²) in [7, 11) is 0. The largest absolute Gasteiger partial charge is 0.454 e. The first kappa shape index (κ1) is 18.8. The van der Waals surface area contributed by atoms with E-state index >= 15 is 0 Å². The predicted molar refractivity (Wildman–Crippen MR) is 103 cm³/mol. The Bertz CT molecular complexity index is 838. The third-order valence-electron chi connectivity index (χ3n) is 4.72. The summed E-state index contributed by atoms with van der Waals surface area (Å²) in [6.07, 6.45) is 1.41. The highest BCUT2D eigenvalue weighted by Crippen LogP contribution is 2.22. The molecule has 0 aliphatic carbocycles. The third kappa shape index (κ3) is 4.42. The Kier molecular flexibility index (Phi) is 5.69. The van der Waals surface area contributed by atoms with Crippen molar-refractivity contribution in [3.05, 3.63) is 65.2 Å². The van der Waals surface area contributed by atoms with E-state index in [-0.39, 0.29) is 18.3 Å². The van der Waals surface area contributed by atoms with Crippen LogP contribution in [-0.4, -0.2) is 30.8 Å². The zero-order valence-electron chi connectivity index (χ0n) is 15.6. The SMILES string of the molecule is CC(C)c1ccc(C(=O)COC(=O)c2ccc(N3CCCC3=O)cc2)cc1. The number of ether oxygens (including phenoxy) is 1. The second-order valence-corrected chi connectivity index (χ2v) is 6.97. The molecule has 0 saturated carbocycles. The zero-order valence-corrected chi connectivity index (χ0v) is 15.6. The average Bonchev–Trinajstić information content (AvgIpc) is 3.12. The normalized spacial score (nSPS) is 13.9. The van der Waals surface area contributed by atoms with Gasteiger partial charge in [-0.3, -0.25) is 9.59 Å². The number of Topliss-reactive ketones (excluding diaryl/α,β-unsaturated/α-hetero) is 1. The minimum atomic E-state index is -0.554. The quantitative estimate of drug-likeness (QED) is 0.574. The summed E-state index contributed by atoms with van der Waals surface area (Å²) in [6, 6.07) is 14.0. The standard InChI is InChI=1S/C22H23NO4/c1-15(2)16-5-7-17(8-6-16)20(24)14-27-22(26)18-9-11-19(12-10-18)23-13-3-4-21(23)25/h5-12,15H,3-4,13-14H2,1-2H3. The van der Waals surface area contributed by atoms with Crippen molar-refractivity contribution in [3.63, 3.8) is 0 Å². The van der Waals surface area contributed by atoms with Gasteiger partial charge in [-0.15, -0.1) is 0 Å². The van der Waals surface area contributed by atoms with Crippen LogP contribution < -0.4 is 4.90 Å². The number of hydrogen-bond donors (Lipinski definition) is 0. The van der Waals surface area contributed by atoms with Crippen molar-refractivity contribution in [3.8, 4) is 0 Å². The van der Waals surface area contributed by atoms with E-state index in [4.69, 9.17) is 4.74 Å². The predicted octanol–water partition coefficient (Wildman–Crippen LogP) is 3.98. The smallest absolute Gasteiger partial charge is 0.338 e. The number of ketones is 1. The average molecular weight is 365 g/mol. The number of carbonyl (C=O) groups excluding carboxylic acids is 3. The molecule has 0 aromatic heterocycles. The molecule has 1 amide bonds. The molecule has 1 aliphatic heterocycles. The van der Waals surface area contributed by atoms with E-state index in [0.29, 0.717) is 30.0 Å². The van der Waals surface area contributed by atoms with Gasteiger partial charge >= 0.3 is 5.97 Å². The Morgan fingerprint density at radius 1 is 1.00 bits per heavy atom. The van der Waals surface area contributed by atoms with Crippen LogP contribution in [-0.2, 0) is 9.53 Å². The lowest BCUT2D eigenvalue weighted by atomic mass is 10.0. The Morgan fingerprint density at radius 3 is 2.19 bits per heavy atom. The molecule has 3 rings (SSSR count). The number of hydrogen-bond acceptors (Lipinski definition) is 4. The Labute approximate surface area is 158 Å². The number of esters is 1. The Morgan fingerprint density at radius 2 is 1.63 bits per heavy atom. The highest BCUT2D eigenvalue weighted by molar-refractivity contribution is 6.00. The first-order valence-electron chi connectivity index (χ1n) is 9.16. The number of anilines is 1. The molecule has 1 aliphatic rings. The number of amides is 1. The Balaban J connectivity index is 1.57. The zero-order chi connectivity index (χ0) is 19.4. The second kappa shape index (κ2) is 8.16. The van der Waals surface area contributed by atoms with Crippen molar-refractivity contribution in [2.24, 2.45) is 0 Å². The molecule has 0 N–H and O–H groups in total. The van der Waals surface area contributed by atoms with Crippen LogP contribution in [0.25, 0.3) is 0 Å². The van der Waals surface area contributed by atoms with Crippen LogP contribution in [0.3, 0.4) is 0 Å². The lowest BCUT2D eigenvalue weighted by Crippen LogP contribution is -2.23. The number of nitrogens with zero attached hydrogens (tertiary/aromatic N) is 1. The summed E-state index contributed by atoms with van der Waals surface area (Å²) < 4.78 is 5.14. The van der Waals surface area contributed by atoms with Crippen LogP contribution in [0, 0.1) is 0 Å². The highest BCUT2D eigenvalue weighted by Gasteiger charge is 2.22. The van der Waals surface area contributed by atoms with Gasteiger partial charge in [0.2, 0.25) is 5.91 Å². The van der Waals surface area contributed by atoms with Crippen LogP contribution in [0.4, 0.5) is 5.69 Å². The number of rotatable bonds is 6. The molecule has 0 unspecified atom stereocenters. The van der Waals surface area contributed by atoms with Crippen molar-refractivity contribution in [1.82, 2.24) is 0 Å². The maximum Gasteiger partial charge on any atom is 0.338 e. The fourth-order valence-electron chi connectivity index (χ4n) is 3.05. The number of benzene rings is 2. The van der Waals surface area contributed by atoms with Crippen molar-refractivity contribution < 1.29 is 19.1 Å². The van der Waals surface area contributed by atoms with Gasteiger partial charge in [0.1, 0.15) is 0 Å². The van der Waals surface area contributed by atoms with Gasteiger partial charge in [-0.05, 0) is 42.2 Å². The van der Waals surface area contributed by atoms with E-state index in [2.05, 4.69) is 13.8 Å². The molecule has 0 radical (unpaired) electrons.